The zero-order valence-corrected chi connectivity index (χ0v) is 8.82. The van der Waals surface area contributed by atoms with Gasteiger partial charge in [-0.3, -0.25) is 14.5 Å². The number of tetrazole rings is 1. The maximum absolute atomic E-state index is 11.6. The number of rotatable bonds is 4. The molecule has 2 heterocycles. The first kappa shape index (κ1) is 11.0. The molecule has 1 aliphatic rings. The molecule has 1 aromatic heterocycles. The maximum atomic E-state index is 11.6. The Bertz CT molecular complexity index is 442. The third kappa shape index (κ3) is 2.19. The van der Waals surface area contributed by atoms with E-state index in [0.29, 0.717) is 6.54 Å². The topological polar surface area (TPSA) is 125 Å². The number of carbonyl (C=O) groups excluding carboxylic acids is 2. The standard InChI is InChI=1S/C7H9N7O3/c1-17-8-2-5(15)9-4-3-14(6(4)16)7-10-12-13-11-7/h2,4H,3H2,1H3,(H,9,15)(H,10,11,12,13). The van der Waals surface area contributed by atoms with E-state index in [2.05, 4.69) is 35.9 Å². The lowest BCUT2D eigenvalue weighted by Gasteiger charge is -2.35. The van der Waals surface area contributed by atoms with Gasteiger partial charge in [-0.05, 0) is 5.21 Å². The monoisotopic (exact) mass is 239 g/mol. The van der Waals surface area contributed by atoms with Crippen LogP contribution < -0.4 is 10.2 Å². The average Bonchev–Trinajstić information content (AvgIpc) is 2.84. The first-order chi connectivity index (χ1) is 8.22. The van der Waals surface area contributed by atoms with Crippen LogP contribution in [0.15, 0.2) is 5.16 Å². The van der Waals surface area contributed by atoms with Gasteiger partial charge in [-0.1, -0.05) is 10.3 Å². The zero-order chi connectivity index (χ0) is 12.3. The quantitative estimate of drug-likeness (QED) is 0.344. The Morgan fingerprint density at radius 3 is 3.18 bits per heavy atom. The van der Waals surface area contributed by atoms with E-state index in [-0.39, 0.29) is 11.9 Å². The Morgan fingerprint density at radius 2 is 2.59 bits per heavy atom. The van der Waals surface area contributed by atoms with E-state index in [1.165, 1.54) is 12.0 Å². The first-order valence-corrected chi connectivity index (χ1v) is 4.64. The van der Waals surface area contributed by atoms with Gasteiger partial charge in [0.05, 0.1) is 6.54 Å². The van der Waals surface area contributed by atoms with E-state index in [1.54, 1.807) is 0 Å². The lowest BCUT2D eigenvalue weighted by Crippen LogP contribution is -2.64. The van der Waals surface area contributed by atoms with Crippen molar-refractivity contribution in [3.63, 3.8) is 0 Å². The van der Waals surface area contributed by atoms with Crippen LogP contribution in [0.1, 0.15) is 0 Å². The number of anilines is 1. The van der Waals surface area contributed by atoms with Gasteiger partial charge in [0.2, 0.25) is 0 Å². The number of aromatic nitrogens is 4. The fourth-order valence-electron chi connectivity index (χ4n) is 1.29. The van der Waals surface area contributed by atoms with E-state index >= 15 is 0 Å². The van der Waals surface area contributed by atoms with E-state index in [1.807, 2.05) is 0 Å². The lowest BCUT2D eigenvalue weighted by atomic mass is 10.1. The molecule has 1 saturated heterocycles. The Balaban J connectivity index is 1.86. The van der Waals surface area contributed by atoms with Gasteiger partial charge in [0, 0.05) is 0 Å². The fraction of sp³-hybridized carbons (Fsp3) is 0.429. The number of hydrogen-bond acceptors (Lipinski definition) is 7. The number of aromatic amines is 1. The minimum atomic E-state index is -0.593. The molecule has 2 rings (SSSR count). The van der Waals surface area contributed by atoms with Crippen LogP contribution in [0.4, 0.5) is 5.95 Å². The molecule has 1 unspecified atom stereocenters. The maximum Gasteiger partial charge on any atom is 0.272 e. The molecule has 1 fully saturated rings. The van der Waals surface area contributed by atoms with Gasteiger partial charge in [-0.2, -0.15) is 5.21 Å². The molecule has 1 aliphatic heterocycles. The summed E-state index contributed by atoms with van der Waals surface area (Å²) in [7, 11) is 1.32. The van der Waals surface area contributed by atoms with Crippen LogP contribution in [0.2, 0.25) is 0 Å². The highest BCUT2D eigenvalue weighted by Crippen LogP contribution is 2.15. The van der Waals surface area contributed by atoms with Crippen LogP contribution in [0.25, 0.3) is 0 Å². The molecule has 0 bridgehead atoms. The number of nitrogens with zero attached hydrogens (tertiary/aromatic N) is 5. The third-order valence-electron chi connectivity index (χ3n) is 2.10. The molecule has 10 heteroatoms. The van der Waals surface area contributed by atoms with E-state index in [9.17, 15) is 9.59 Å². The second-order valence-corrected chi connectivity index (χ2v) is 3.14. The minimum absolute atomic E-state index is 0.186. The Morgan fingerprint density at radius 1 is 1.76 bits per heavy atom. The van der Waals surface area contributed by atoms with Crippen molar-refractivity contribution < 1.29 is 14.4 Å². The molecule has 1 aromatic rings. The molecule has 90 valence electrons. The Labute approximate surface area is 95.0 Å². The smallest absolute Gasteiger partial charge is 0.272 e. The summed E-state index contributed by atoms with van der Waals surface area (Å²) >= 11 is 0. The third-order valence-corrected chi connectivity index (χ3v) is 2.10. The number of carbonyl (C=O) groups is 2. The Kier molecular flexibility index (Phi) is 2.94. The summed E-state index contributed by atoms with van der Waals surface area (Å²) in [5.74, 6) is -0.616. The van der Waals surface area contributed by atoms with Crippen molar-refractivity contribution in [1.29, 1.82) is 0 Å². The van der Waals surface area contributed by atoms with Crippen molar-refractivity contribution in [2.24, 2.45) is 5.16 Å². The molecule has 0 radical (unpaired) electrons. The highest BCUT2D eigenvalue weighted by atomic mass is 16.6. The summed E-state index contributed by atoms with van der Waals surface area (Å²) in [6.07, 6.45) is 0.949. The van der Waals surface area contributed by atoms with Crippen LogP contribution in [0.3, 0.4) is 0 Å². The van der Waals surface area contributed by atoms with Crippen LogP contribution in [-0.2, 0) is 14.4 Å². The van der Waals surface area contributed by atoms with Gasteiger partial charge >= 0.3 is 0 Å². The number of oxime groups is 1. The molecule has 10 nitrogen and oxygen atoms in total. The van der Waals surface area contributed by atoms with Crippen molar-refractivity contribution in [2.75, 3.05) is 18.6 Å². The summed E-state index contributed by atoms with van der Waals surface area (Å²) in [6.45, 7) is 0.297. The summed E-state index contributed by atoms with van der Waals surface area (Å²) in [5.41, 5.74) is 0. The van der Waals surface area contributed by atoms with Crippen molar-refractivity contribution in [3.05, 3.63) is 0 Å². The average molecular weight is 239 g/mol. The molecule has 0 spiro atoms. The normalized spacial score (nSPS) is 19.2. The highest BCUT2D eigenvalue weighted by molar-refractivity contribution is 6.27. The highest BCUT2D eigenvalue weighted by Gasteiger charge is 2.40. The van der Waals surface area contributed by atoms with Gasteiger partial charge in [0.15, 0.2) is 0 Å². The number of nitrogens with one attached hydrogen (secondary N) is 2. The molecule has 0 aliphatic carbocycles. The van der Waals surface area contributed by atoms with Crippen molar-refractivity contribution in [3.8, 4) is 0 Å². The predicted molar refractivity (Wildman–Crippen MR) is 54.0 cm³/mol. The van der Waals surface area contributed by atoms with E-state index in [0.717, 1.165) is 6.21 Å². The molecular weight excluding hydrogens is 230 g/mol. The largest absolute Gasteiger partial charge is 0.399 e. The number of β-lactam (4-membered cyclic amide) rings is 1. The van der Waals surface area contributed by atoms with Crippen LogP contribution in [-0.4, -0.2) is 58.3 Å². The van der Waals surface area contributed by atoms with E-state index in [4.69, 9.17) is 0 Å². The van der Waals surface area contributed by atoms with Crippen molar-refractivity contribution in [1.82, 2.24) is 25.9 Å². The van der Waals surface area contributed by atoms with Gasteiger partial charge in [0.1, 0.15) is 19.4 Å². The SMILES string of the molecule is CON=CC(=O)NC1CN(c2nn[nH]n2)C1=O. The first-order valence-electron chi connectivity index (χ1n) is 4.64. The molecule has 2 N–H and O–H groups in total. The second-order valence-electron chi connectivity index (χ2n) is 3.14. The van der Waals surface area contributed by atoms with Crippen LogP contribution >= 0.6 is 0 Å². The van der Waals surface area contributed by atoms with E-state index < -0.39 is 11.9 Å². The number of amides is 2. The van der Waals surface area contributed by atoms with Gasteiger partial charge in [-0.15, -0.1) is 5.10 Å². The predicted octanol–water partition coefficient (Wildman–Crippen LogP) is -2.34. The van der Waals surface area contributed by atoms with Gasteiger partial charge in [-0.25, -0.2) is 0 Å². The molecule has 17 heavy (non-hydrogen) atoms. The number of hydrogen-bond donors (Lipinski definition) is 2. The Hall–Kier alpha value is -2.52. The van der Waals surface area contributed by atoms with Crippen molar-refractivity contribution >= 4 is 24.0 Å². The molecular formula is C7H9N7O3. The number of H-pyrrole nitrogens is 1. The molecule has 0 saturated carbocycles. The van der Waals surface area contributed by atoms with Crippen molar-refractivity contribution in [2.45, 2.75) is 6.04 Å². The summed E-state index contributed by atoms with van der Waals surface area (Å²) in [4.78, 5) is 28.4. The lowest BCUT2D eigenvalue weighted by molar-refractivity contribution is -0.128. The fourth-order valence-corrected chi connectivity index (χ4v) is 1.29. The summed E-state index contributed by atoms with van der Waals surface area (Å²) in [5, 5.41) is 18.6. The zero-order valence-electron chi connectivity index (χ0n) is 8.82. The van der Waals surface area contributed by atoms with Gasteiger partial charge in [0.25, 0.3) is 17.8 Å². The second kappa shape index (κ2) is 4.55. The molecule has 0 aromatic carbocycles. The minimum Gasteiger partial charge on any atom is -0.399 e. The summed E-state index contributed by atoms with van der Waals surface area (Å²) < 4.78 is 0. The van der Waals surface area contributed by atoms with Crippen LogP contribution in [0, 0.1) is 0 Å². The molecule has 2 amide bonds. The van der Waals surface area contributed by atoms with Crippen LogP contribution in [0.5, 0.6) is 0 Å². The summed E-state index contributed by atoms with van der Waals surface area (Å²) in [6, 6.07) is -0.593. The molecule has 1 atom stereocenters. The van der Waals surface area contributed by atoms with Gasteiger partial charge < -0.3 is 10.2 Å².